The fourth-order valence-corrected chi connectivity index (χ4v) is 3.82. The van der Waals surface area contributed by atoms with Gasteiger partial charge in [-0.15, -0.1) is 24.0 Å². The Morgan fingerprint density at radius 3 is 2.65 bits per heavy atom. The van der Waals surface area contributed by atoms with Crippen LogP contribution in [0.2, 0.25) is 0 Å². The van der Waals surface area contributed by atoms with Gasteiger partial charge < -0.3 is 20.4 Å². The first kappa shape index (κ1) is 23.9. The number of halogens is 1. The summed E-state index contributed by atoms with van der Waals surface area (Å²) in [7, 11) is 4.42. The van der Waals surface area contributed by atoms with Gasteiger partial charge >= 0.3 is 0 Å². The molecule has 2 N–H and O–H groups in total. The normalized spacial score (nSPS) is 26.4. The molecule has 2 aliphatic heterocycles. The van der Waals surface area contributed by atoms with Gasteiger partial charge in [-0.05, 0) is 53.8 Å². The Kier molecular flexibility index (Phi) is 12.1. The van der Waals surface area contributed by atoms with Crippen LogP contribution in [0.5, 0.6) is 0 Å². The van der Waals surface area contributed by atoms with Crippen molar-refractivity contribution in [2.75, 3.05) is 66.5 Å². The number of likely N-dealkylation sites (N-methyl/N-ethyl adjacent to an activating group) is 2. The quantitative estimate of drug-likeness (QED) is 0.251. The van der Waals surface area contributed by atoms with Crippen molar-refractivity contribution in [3.63, 3.8) is 0 Å². The van der Waals surface area contributed by atoms with Gasteiger partial charge in [-0.25, -0.2) is 0 Å². The van der Waals surface area contributed by atoms with Crippen molar-refractivity contribution in [3.8, 4) is 0 Å². The molecule has 154 valence electrons. The molecule has 7 heteroatoms. The third-order valence-electron chi connectivity index (χ3n) is 5.64. The van der Waals surface area contributed by atoms with E-state index in [2.05, 4.69) is 53.3 Å². The van der Waals surface area contributed by atoms with Crippen molar-refractivity contribution < 1.29 is 0 Å². The van der Waals surface area contributed by atoms with Gasteiger partial charge in [-0.1, -0.05) is 6.42 Å². The molecule has 0 amide bonds. The van der Waals surface area contributed by atoms with E-state index in [0.29, 0.717) is 6.04 Å². The number of piperidine rings is 1. The third kappa shape index (κ3) is 8.27. The van der Waals surface area contributed by atoms with Crippen molar-refractivity contribution in [1.29, 1.82) is 0 Å². The lowest BCUT2D eigenvalue weighted by Crippen LogP contribution is -2.51. The summed E-state index contributed by atoms with van der Waals surface area (Å²) in [4.78, 5) is 12.3. The van der Waals surface area contributed by atoms with Gasteiger partial charge in [0.05, 0.1) is 6.54 Å². The fraction of sp³-hybridized carbons (Fsp3) is 0.947. The van der Waals surface area contributed by atoms with Gasteiger partial charge in [0.15, 0.2) is 5.96 Å². The molecule has 2 atom stereocenters. The van der Waals surface area contributed by atoms with Crippen LogP contribution in [0.15, 0.2) is 4.99 Å². The number of nitrogens with zero attached hydrogens (tertiary/aromatic N) is 4. The molecule has 0 aromatic carbocycles. The largest absolute Gasteiger partial charge is 0.357 e. The van der Waals surface area contributed by atoms with E-state index in [9.17, 15) is 0 Å². The molecule has 0 bridgehead atoms. The van der Waals surface area contributed by atoms with Crippen LogP contribution in [-0.2, 0) is 0 Å². The molecule has 26 heavy (non-hydrogen) atoms. The molecule has 0 aromatic heterocycles. The van der Waals surface area contributed by atoms with Crippen LogP contribution < -0.4 is 10.6 Å². The Bertz CT molecular complexity index is 405. The molecular formula is C19H41IN6. The average Bonchev–Trinajstić information content (AvgIpc) is 2.60. The predicted octanol–water partition coefficient (Wildman–Crippen LogP) is 1.67. The number of hydrogen-bond acceptors (Lipinski definition) is 4. The minimum Gasteiger partial charge on any atom is -0.357 e. The lowest BCUT2D eigenvalue weighted by molar-refractivity contribution is 0.119. The van der Waals surface area contributed by atoms with Crippen molar-refractivity contribution >= 4 is 29.9 Å². The molecular weight excluding hydrogens is 439 g/mol. The lowest BCUT2D eigenvalue weighted by atomic mass is 10.0. The summed E-state index contributed by atoms with van der Waals surface area (Å²) in [5.74, 6) is 0.968. The van der Waals surface area contributed by atoms with Crippen LogP contribution in [0.4, 0.5) is 0 Å². The number of nitrogens with one attached hydrogen (secondary N) is 2. The second-order valence-electron chi connectivity index (χ2n) is 7.78. The highest BCUT2D eigenvalue weighted by Gasteiger charge is 2.21. The monoisotopic (exact) mass is 480 g/mol. The highest BCUT2D eigenvalue weighted by atomic mass is 127. The molecule has 2 saturated heterocycles. The maximum absolute atomic E-state index is 4.83. The summed E-state index contributed by atoms with van der Waals surface area (Å²) in [6.45, 7) is 13.1. The standard InChI is InChI=1S/C19H40N6.HI/c1-5-20-19(22-15-18-16-23(3)13-14-24(18)4)21-10-8-12-25-11-7-6-9-17(25)2;/h17-18H,5-16H2,1-4H3,(H2,20,21,22);1H. The lowest BCUT2D eigenvalue weighted by Gasteiger charge is -2.37. The maximum Gasteiger partial charge on any atom is 0.191 e. The van der Waals surface area contributed by atoms with Gasteiger partial charge in [0, 0.05) is 51.4 Å². The second-order valence-corrected chi connectivity index (χ2v) is 7.78. The fourth-order valence-electron chi connectivity index (χ4n) is 3.82. The number of rotatable bonds is 7. The Hall–Kier alpha value is -0.120. The first-order valence-electron chi connectivity index (χ1n) is 10.2. The summed E-state index contributed by atoms with van der Waals surface area (Å²) < 4.78 is 0. The third-order valence-corrected chi connectivity index (χ3v) is 5.64. The van der Waals surface area contributed by atoms with E-state index < -0.39 is 0 Å². The molecule has 2 heterocycles. The maximum atomic E-state index is 4.83. The van der Waals surface area contributed by atoms with Crippen LogP contribution in [0.25, 0.3) is 0 Å². The van der Waals surface area contributed by atoms with E-state index in [-0.39, 0.29) is 24.0 Å². The molecule has 0 aromatic rings. The van der Waals surface area contributed by atoms with Crippen LogP contribution in [0.3, 0.4) is 0 Å². The van der Waals surface area contributed by atoms with Crippen LogP contribution >= 0.6 is 24.0 Å². The summed E-state index contributed by atoms with van der Waals surface area (Å²) in [5.41, 5.74) is 0. The number of guanidine groups is 1. The van der Waals surface area contributed by atoms with Gasteiger partial charge in [0.1, 0.15) is 0 Å². The van der Waals surface area contributed by atoms with Gasteiger partial charge in [-0.3, -0.25) is 9.89 Å². The van der Waals surface area contributed by atoms with E-state index in [4.69, 9.17) is 4.99 Å². The summed E-state index contributed by atoms with van der Waals surface area (Å²) in [6, 6.07) is 1.28. The highest BCUT2D eigenvalue weighted by Crippen LogP contribution is 2.16. The summed E-state index contributed by atoms with van der Waals surface area (Å²) in [5, 5.41) is 6.91. The van der Waals surface area contributed by atoms with E-state index in [1.54, 1.807) is 0 Å². The van der Waals surface area contributed by atoms with Gasteiger partial charge in [0.2, 0.25) is 0 Å². The van der Waals surface area contributed by atoms with Crippen LogP contribution in [0, 0.1) is 0 Å². The zero-order chi connectivity index (χ0) is 18.1. The minimum absolute atomic E-state index is 0. The topological polar surface area (TPSA) is 46.1 Å². The van der Waals surface area contributed by atoms with Crippen molar-refractivity contribution in [2.24, 2.45) is 4.99 Å². The summed E-state index contributed by atoms with van der Waals surface area (Å²) in [6.07, 6.45) is 5.31. The minimum atomic E-state index is 0. The van der Waals surface area contributed by atoms with Gasteiger partial charge in [0.25, 0.3) is 0 Å². The molecule has 6 nitrogen and oxygen atoms in total. The Labute approximate surface area is 178 Å². The zero-order valence-corrected chi connectivity index (χ0v) is 19.7. The smallest absolute Gasteiger partial charge is 0.191 e. The number of aliphatic imine (C=N–C) groups is 1. The van der Waals surface area contributed by atoms with E-state index in [0.717, 1.165) is 51.3 Å². The van der Waals surface area contributed by atoms with E-state index in [1.165, 1.54) is 38.8 Å². The molecule has 0 aliphatic carbocycles. The number of likely N-dealkylation sites (tertiary alicyclic amines) is 1. The Morgan fingerprint density at radius 1 is 1.12 bits per heavy atom. The van der Waals surface area contributed by atoms with Crippen molar-refractivity contribution in [2.45, 2.75) is 51.6 Å². The van der Waals surface area contributed by atoms with Gasteiger partial charge in [-0.2, -0.15) is 0 Å². The van der Waals surface area contributed by atoms with E-state index in [1.807, 2.05) is 0 Å². The molecule has 2 fully saturated rings. The second kappa shape index (κ2) is 13.1. The predicted molar refractivity (Wildman–Crippen MR) is 123 cm³/mol. The number of piperazine rings is 1. The molecule has 2 rings (SSSR count). The van der Waals surface area contributed by atoms with Crippen LogP contribution in [0.1, 0.15) is 39.5 Å². The van der Waals surface area contributed by atoms with Crippen LogP contribution in [-0.4, -0.2) is 99.2 Å². The molecule has 0 radical (unpaired) electrons. The SMILES string of the molecule is CCNC(=NCC1CN(C)CCN1C)NCCCN1CCCCC1C.I. The van der Waals surface area contributed by atoms with Crippen molar-refractivity contribution in [3.05, 3.63) is 0 Å². The Morgan fingerprint density at radius 2 is 1.92 bits per heavy atom. The van der Waals surface area contributed by atoms with Crippen molar-refractivity contribution in [1.82, 2.24) is 25.3 Å². The molecule has 0 saturated carbocycles. The average molecular weight is 480 g/mol. The highest BCUT2D eigenvalue weighted by molar-refractivity contribution is 14.0. The first-order chi connectivity index (χ1) is 12.1. The first-order valence-corrected chi connectivity index (χ1v) is 10.2. The zero-order valence-electron chi connectivity index (χ0n) is 17.3. The molecule has 2 unspecified atom stereocenters. The molecule has 2 aliphatic rings. The number of hydrogen-bond donors (Lipinski definition) is 2. The molecule has 0 spiro atoms. The summed E-state index contributed by atoms with van der Waals surface area (Å²) >= 11 is 0. The Balaban J connectivity index is 0.00000338. The van der Waals surface area contributed by atoms with E-state index >= 15 is 0 Å².